The number of aromatic nitrogens is 2. The highest BCUT2D eigenvalue weighted by molar-refractivity contribution is 6.30. The van der Waals surface area contributed by atoms with Crippen LogP contribution in [0.4, 0.5) is 17.5 Å². The Kier molecular flexibility index (Phi) is 6.64. The molecule has 0 amide bonds. The maximum absolute atomic E-state index is 11.5. The van der Waals surface area contributed by atoms with Crippen molar-refractivity contribution in [1.29, 1.82) is 0 Å². The molecule has 3 rings (SSSR count). The van der Waals surface area contributed by atoms with E-state index in [0.29, 0.717) is 35.5 Å². The molecular formula is C19H25ClN6O2. The maximum atomic E-state index is 11.5. The Morgan fingerprint density at radius 3 is 2.68 bits per heavy atom. The van der Waals surface area contributed by atoms with Gasteiger partial charge in [0.05, 0.1) is 4.92 Å². The molecule has 1 aliphatic carbocycles. The molecule has 1 aliphatic rings. The van der Waals surface area contributed by atoms with Crippen molar-refractivity contribution in [2.75, 3.05) is 17.6 Å². The van der Waals surface area contributed by atoms with E-state index in [2.05, 4.69) is 15.3 Å². The van der Waals surface area contributed by atoms with Gasteiger partial charge < -0.3 is 16.8 Å². The van der Waals surface area contributed by atoms with Gasteiger partial charge >= 0.3 is 5.69 Å². The molecule has 0 radical (unpaired) electrons. The van der Waals surface area contributed by atoms with Crippen molar-refractivity contribution in [2.45, 2.75) is 44.6 Å². The van der Waals surface area contributed by atoms with Crippen LogP contribution in [0.15, 0.2) is 24.3 Å². The predicted molar refractivity (Wildman–Crippen MR) is 110 cm³/mol. The summed E-state index contributed by atoms with van der Waals surface area (Å²) in [6.07, 6.45) is 4.99. The zero-order valence-electron chi connectivity index (χ0n) is 15.6. The van der Waals surface area contributed by atoms with Gasteiger partial charge in [-0.1, -0.05) is 23.7 Å². The average molecular weight is 405 g/mol. The lowest BCUT2D eigenvalue weighted by atomic mass is 9.83. The molecule has 28 heavy (non-hydrogen) atoms. The van der Waals surface area contributed by atoms with Crippen molar-refractivity contribution >= 4 is 29.1 Å². The molecule has 1 heterocycles. The minimum Gasteiger partial charge on any atom is -0.378 e. The number of nitrogens with one attached hydrogen (secondary N) is 1. The first-order chi connectivity index (χ1) is 13.4. The normalized spacial score (nSPS) is 19.4. The van der Waals surface area contributed by atoms with Gasteiger partial charge in [0, 0.05) is 17.6 Å². The SMILES string of the molecule is Nc1nc(NCCc2cccc(Cl)c2)nc(CC2CCC(N)CC2)c1[N+](=O)[O-]. The van der Waals surface area contributed by atoms with Gasteiger partial charge in [-0.3, -0.25) is 10.1 Å². The quantitative estimate of drug-likeness (QED) is 0.476. The number of halogens is 1. The molecule has 0 spiro atoms. The molecule has 0 unspecified atom stereocenters. The number of hydrogen-bond donors (Lipinski definition) is 3. The Morgan fingerprint density at radius 1 is 1.25 bits per heavy atom. The van der Waals surface area contributed by atoms with Crippen molar-refractivity contribution < 1.29 is 4.92 Å². The molecule has 1 saturated carbocycles. The number of nitrogens with two attached hydrogens (primary N) is 2. The van der Waals surface area contributed by atoms with E-state index in [-0.39, 0.29) is 17.5 Å². The van der Waals surface area contributed by atoms with Gasteiger partial charge in [0.25, 0.3) is 0 Å². The van der Waals surface area contributed by atoms with Gasteiger partial charge in [-0.05, 0) is 62.1 Å². The molecule has 8 nitrogen and oxygen atoms in total. The van der Waals surface area contributed by atoms with E-state index in [1.165, 1.54) is 0 Å². The van der Waals surface area contributed by atoms with Crippen LogP contribution in [0, 0.1) is 16.0 Å². The third kappa shape index (κ3) is 5.30. The van der Waals surface area contributed by atoms with E-state index in [1.807, 2.05) is 24.3 Å². The highest BCUT2D eigenvalue weighted by atomic mass is 35.5. The number of anilines is 2. The summed E-state index contributed by atoms with van der Waals surface area (Å²) in [5.74, 6) is 0.535. The maximum Gasteiger partial charge on any atom is 0.332 e. The third-order valence-electron chi connectivity index (χ3n) is 5.13. The van der Waals surface area contributed by atoms with Gasteiger partial charge in [0.1, 0.15) is 5.69 Å². The second-order valence-electron chi connectivity index (χ2n) is 7.28. The van der Waals surface area contributed by atoms with Gasteiger partial charge in [0.15, 0.2) is 0 Å². The molecular weight excluding hydrogens is 380 g/mol. The van der Waals surface area contributed by atoms with Crippen LogP contribution in [0.3, 0.4) is 0 Å². The first-order valence-corrected chi connectivity index (χ1v) is 9.85. The first kappa shape index (κ1) is 20.3. The largest absolute Gasteiger partial charge is 0.378 e. The van der Waals surface area contributed by atoms with Crippen LogP contribution < -0.4 is 16.8 Å². The fourth-order valence-electron chi connectivity index (χ4n) is 3.62. The van der Waals surface area contributed by atoms with E-state index in [0.717, 1.165) is 37.7 Å². The van der Waals surface area contributed by atoms with Crippen LogP contribution in [-0.4, -0.2) is 27.5 Å². The van der Waals surface area contributed by atoms with Gasteiger partial charge in [-0.2, -0.15) is 4.98 Å². The van der Waals surface area contributed by atoms with E-state index in [1.54, 1.807) is 0 Å². The molecule has 150 valence electrons. The summed E-state index contributed by atoms with van der Waals surface area (Å²) in [5, 5.41) is 15.3. The minimum atomic E-state index is -0.491. The zero-order chi connectivity index (χ0) is 20.1. The van der Waals surface area contributed by atoms with Crippen molar-refractivity contribution in [3.63, 3.8) is 0 Å². The van der Waals surface area contributed by atoms with Crippen LogP contribution in [0.2, 0.25) is 5.02 Å². The number of nitrogens with zero attached hydrogens (tertiary/aromatic N) is 3. The molecule has 0 atom stereocenters. The fraction of sp³-hybridized carbons (Fsp3) is 0.474. The zero-order valence-corrected chi connectivity index (χ0v) is 16.4. The Labute approximate surface area is 168 Å². The topological polar surface area (TPSA) is 133 Å². The van der Waals surface area contributed by atoms with Crippen LogP contribution in [-0.2, 0) is 12.8 Å². The molecule has 1 fully saturated rings. The highest BCUT2D eigenvalue weighted by Crippen LogP contribution is 2.31. The molecule has 0 bridgehead atoms. The Hall–Kier alpha value is -2.45. The number of nitro groups is 1. The second-order valence-corrected chi connectivity index (χ2v) is 7.71. The molecule has 0 saturated heterocycles. The Balaban J connectivity index is 1.71. The predicted octanol–water partition coefficient (Wildman–Crippen LogP) is 3.34. The highest BCUT2D eigenvalue weighted by Gasteiger charge is 2.27. The van der Waals surface area contributed by atoms with E-state index >= 15 is 0 Å². The van der Waals surface area contributed by atoms with Gasteiger partial charge in [0.2, 0.25) is 11.8 Å². The number of benzene rings is 1. The van der Waals surface area contributed by atoms with Crippen LogP contribution in [0.5, 0.6) is 0 Å². The van der Waals surface area contributed by atoms with Gasteiger partial charge in [-0.25, -0.2) is 4.98 Å². The molecule has 1 aromatic heterocycles. The van der Waals surface area contributed by atoms with Crippen LogP contribution in [0.25, 0.3) is 0 Å². The lowest BCUT2D eigenvalue weighted by Crippen LogP contribution is -2.27. The first-order valence-electron chi connectivity index (χ1n) is 9.47. The Bertz CT molecular complexity index is 839. The summed E-state index contributed by atoms with van der Waals surface area (Å²) in [6, 6.07) is 7.83. The molecule has 5 N–H and O–H groups in total. The summed E-state index contributed by atoms with van der Waals surface area (Å²) in [5.41, 5.74) is 13.1. The van der Waals surface area contributed by atoms with E-state index in [4.69, 9.17) is 23.1 Å². The minimum absolute atomic E-state index is 0.104. The van der Waals surface area contributed by atoms with Crippen molar-refractivity contribution in [2.24, 2.45) is 11.7 Å². The van der Waals surface area contributed by atoms with Crippen molar-refractivity contribution in [3.05, 3.63) is 50.7 Å². The third-order valence-corrected chi connectivity index (χ3v) is 5.36. The summed E-state index contributed by atoms with van der Waals surface area (Å²) in [4.78, 5) is 19.5. The smallest absolute Gasteiger partial charge is 0.332 e. The Morgan fingerprint density at radius 2 is 2.00 bits per heavy atom. The molecule has 2 aromatic rings. The lowest BCUT2D eigenvalue weighted by molar-refractivity contribution is -0.385. The summed E-state index contributed by atoms with van der Waals surface area (Å²) in [6.45, 7) is 0.565. The standard InChI is InChI=1S/C19H25ClN6O2/c20-14-3-1-2-12(10-14)8-9-23-19-24-16(17(26(27)28)18(22)25-19)11-13-4-6-15(21)7-5-13/h1-3,10,13,15H,4-9,11,21H2,(H3,22,23,24,25). The van der Waals surface area contributed by atoms with Crippen LogP contribution in [0.1, 0.15) is 36.9 Å². The van der Waals surface area contributed by atoms with E-state index < -0.39 is 4.92 Å². The van der Waals surface area contributed by atoms with Crippen LogP contribution >= 0.6 is 11.6 Å². The van der Waals surface area contributed by atoms with Gasteiger partial charge in [-0.15, -0.1) is 0 Å². The summed E-state index contributed by atoms with van der Waals surface area (Å²) >= 11 is 6.00. The summed E-state index contributed by atoms with van der Waals surface area (Å²) < 4.78 is 0. The van der Waals surface area contributed by atoms with Crippen molar-refractivity contribution in [1.82, 2.24) is 9.97 Å². The number of hydrogen-bond acceptors (Lipinski definition) is 7. The number of rotatable bonds is 7. The summed E-state index contributed by atoms with van der Waals surface area (Å²) in [7, 11) is 0. The lowest BCUT2D eigenvalue weighted by Gasteiger charge is -2.25. The fourth-order valence-corrected chi connectivity index (χ4v) is 3.83. The van der Waals surface area contributed by atoms with Crippen molar-refractivity contribution in [3.8, 4) is 0 Å². The molecule has 1 aromatic carbocycles. The van der Waals surface area contributed by atoms with E-state index in [9.17, 15) is 10.1 Å². The second kappa shape index (κ2) is 9.16. The number of nitrogen functional groups attached to an aromatic ring is 1. The molecule has 0 aliphatic heterocycles. The molecule has 9 heteroatoms. The monoisotopic (exact) mass is 404 g/mol. The average Bonchev–Trinajstić information content (AvgIpc) is 2.63.